The maximum absolute atomic E-state index is 5.84. The predicted octanol–water partition coefficient (Wildman–Crippen LogP) is 2.17. The van der Waals surface area contributed by atoms with Crippen LogP contribution < -0.4 is 5.32 Å². The van der Waals surface area contributed by atoms with Gasteiger partial charge in [-0.3, -0.25) is 0 Å². The van der Waals surface area contributed by atoms with Crippen molar-refractivity contribution in [1.82, 2.24) is 5.32 Å². The number of nitrogens with one attached hydrogen (secondary N) is 1. The molecule has 0 aromatic rings. The van der Waals surface area contributed by atoms with Gasteiger partial charge in [-0.05, 0) is 32.2 Å². The summed E-state index contributed by atoms with van der Waals surface area (Å²) < 4.78 is 0. The van der Waals surface area contributed by atoms with Gasteiger partial charge in [0.25, 0.3) is 0 Å². The molecule has 0 atom stereocenters. The molecule has 1 fully saturated rings. The third-order valence-electron chi connectivity index (χ3n) is 2.11. The third-order valence-corrected chi connectivity index (χ3v) is 2.47. The largest absolute Gasteiger partial charge is 0.313 e. The molecule has 1 nitrogen and oxygen atoms in total. The van der Waals surface area contributed by atoms with E-state index in [4.69, 9.17) is 11.6 Å². The molecule has 1 aliphatic carbocycles. The van der Waals surface area contributed by atoms with E-state index in [-0.39, 0.29) is 0 Å². The lowest BCUT2D eigenvalue weighted by atomic mass is 9.85. The van der Waals surface area contributed by atoms with E-state index in [1.54, 1.807) is 0 Å². The van der Waals surface area contributed by atoms with Crippen LogP contribution in [0.15, 0.2) is 12.2 Å². The molecule has 0 aliphatic heterocycles. The minimum atomic E-state index is 0.462. The Hall–Kier alpha value is -0.0100. The fourth-order valence-corrected chi connectivity index (χ4v) is 1.81. The van der Waals surface area contributed by atoms with E-state index in [1.165, 1.54) is 12.8 Å². The van der Waals surface area contributed by atoms with E-state index < -0.39 is 0 Å². The van der Waals surface area contributed by atoms with Crippen molar-refractivity contribution in [3.63, 3.8) is 0 Å². The minimum Gasteiger partial charge on any atom is -0.313 e. The molecule has 0 spiro atoms. The molecule has 1 N–H and O–H groups in total. The van der Waals surface area contributed by atoms with Gasteiger partial charge < -0.3 is 5.32 Å². The Labute approximate surface area is 73.8 Å². The third kappa shape index (κ3) is 3.26. The first-order chi connectivity index (χ1) is 5.33. The van der Waals surface area contributed by atoms with Crippen LogP contribution in [0.2, 0.25) is 0 Å². The summed E-state index contributed by atoms with van der Waals surface area (Å²) in [4.78, 5) is 0. The summed E-state index contributed by atoms with van der Waals surface area (Å²) in [5.74, 6) is 0.836. The lowest BCUT2D eigenvalue weighted by Gasteiger charge is -2.30. The molecule has 1 saturated carbocycles. The fraction of sp³-hybridized carbons (Fsp3) is 0.778. The number of hydrogen-bond acceptors (Lipinski definition) is 1. The quantitative estimate of drug-likeness (QED) is 0.391. The zero-order valence-corrected chi connectivity index (χ0v) is 7.77. The van der Waals surface area contributed by atoms with Crippen molar-refractivity contribution in [3.05, 3.63) is 12.2 Å². The van der Waals surface area contributed by atoms with Gasteiger partial charge in [-0.15, -0.1) is 11.6 Å². The average molecular weight is 174 g/mol. The maximum Gasteiger partial charge on any atom is 0.0342 e. The first-order valence-corrected chi connectivity index (χ1v) is 4.72. The zero-order chi connectivity index (χ0) is 8.10. The monoisotopic (exact) mass is 173 g/mol. The van der Waals surface area contributed by atoms with Crippen molar-refractivity contribution in [2.45, 2.75) is 25.1 Å². The second kappa shape index (κ2) is 4.78. The van der Waals surface area contributed by atoms with Crippen molar-refractivity contribution < 1.29 is 0 Å². The number of rotatable bonds is 4. The zero-order valence-electron chi connectivity index (χ0n) is 7.02. The van der Waals surface area contributed by atoms with Gasteiger partial charge in [-0.1, -0.05) is 12.2 Å². The average Bonchev–Trinajstić information content (AvgIpc) is 1.94. The van der Waals surface area contributed by atoms with E-state index >= 15 is 0 Å². The highest BCUT2D eigenvalue weighted by molar-refractivity contribution is 6.21. The molecule has 64 valence electrons. The van der Waals surface area contributed by atoms with Crippen molar-refractivity contribution in [2.24, 2.45) is 5.92 Å². The Morgan fingerprint density at radius 1 is 1.55 bits per heavy atom. The molecule has 0 radical (unpaired) electrons. The summed E-state index contributed by atoms with van der Waals surface area (Å²) in [6, 6.07) is 0. The predicted molar refractivity (Wildman–Crippen MR) is 50.0 cm³/mol. The fourth-order valence-electron chi connectivity index (χ4n) is 1.31. The van der Waals surface area contributed by atoms with Crippen LogP contribution in [-0.2, 0) is 0 Å². The summed E-state index contributed by atoms with van der Waals surface area (Å²) >= 11 is 5.84. The molecular formula is C9H16ClN. The number of hydrogen-bond donors (Lipinski definition) is 1. The van der Waals surface area contributed by atoms with Crippen LogP contribution in [0.1, 0.15) is 19.8 Å². The van der Waals surface area contributed by atoms with Crippen LogP contribution in [0, 0.1) is 5.92 Å². The Morgan fingerprint density at radius 2 is 2.27 bits per heavy atom. The molecule has 0 amide bonds. The van der Waals surface area contributed by atoms with E-state index in [9.17, 15) is 0 Å². The highest BCUT2D eigenvalue weighted by atomic mass is 35.5. The first-order valence-electron chi connectivity index (χ1n) is 4.29. The van der Waals surface area contributed by atoms with Gasteiger partial charge in [-0.2, -0.15) is 0 Å². The van der Waals surface area contributed by atoms with Crippen LogP contribution in [0.25, 0.3) is 0 Å². The molecule has 0 aromatic carbocycles. The van der Waals surface area contributed by atoms with Gasteiger partial charge in [0.1, 0.15) is 0 Å². The molecule has 11 heavy (non-hydrogen) atoms. The number of alkyl halides is 1. The number of allylic oxidation sites excluding steroid dienone is 1. The Morgan fingerprint density at radius 3 is 2.82 bits per heavy atom. The van der Waals surface area contributed by atoms with E-state index in [2.05, 4.69) is 17.5 Å². The molecule has 0 heterocycles. The normalized spacial score (nSPS) is 30.7. The lowest BCUT2D eigenvalue weighted by molar-refractivity contribution is 0.313. The minimum absolute atomic E-state index is 0.462. The molecular weight excluding hydrogens is 158 g/mol. The summed E-state index contributed by atoms with van der Waals surface area (Å²) in [7, 11) is 0. The maximum atomic E-state index is 5.84. The van der Waals surface area contributed by atoms with Crippen LogP contribution in [-0.4, -0.2) is 18.5 Å². The summed E-state index contributed by atoms with van der Waals surface area (Å²) in [5.41, 5.74) is 0. The number of halogens is 1. The van der Waals surface area contributed by atoms with Crippen LogP contribution in [0.3, 0.4) is 0 Å². The van der Waals surface area contributed by atoms with Crippen molar-refractivity contribution >= 4 is 11.6 Å². The molecule has 0 bridgehead atoms. The smallest absolute Gasteiger partial charge is 0.0342 e. The van der Waals surface area contributed by atoms with Gasteiger partial charge in [0.15, 0.2) is 0 Å². The van der Waals surface area contributed by atoms with Crippen LogP contribution >= 0.6 is 11.6 Å². The highest BCUT2D eigenvalue weighted by Gasteiger charge is 2.26. The van der Waals surface area contributed by atoms with Gasteiger partial charge in [0.05, 0.1) is 0 Å². The Kier molecular flexibility index (Phi) is 3.95. The molecule has 0 unspecified atom stereocenters. The SMILES string of the molecule is C/C=C/CNCC1CC(Cl)C1. The van der Waals surface area contributed by atoms with E-state index in [1.807, 2.05) is 6.92 Å². The molecule has 0 saturated heterocycles. The standard InChI is InChI=1S/C9H16ClN/c1-2-3-4-11-7-8-5-9(10)6-8/h2-3,8-9,11H,4-7H2,1H3/b3-2+. The van der Waals surface area contributed by atoms with Gasteiger partial charge in [0.2, 0.25) is 0 Å². The molecule has 1 aliphatic rings. The van der Waals surface area contributed by atoms with Crippen molar-refractivity contribution in [1.29, 1.82) is 0 Å². The van der Waals surface area contributed by atoms with Crippen LogP contribution in [0.5, 0.6) is 0 Å². The summed E-state index contributed by atoms with van der Waals surface area (Å²) in [5, 5.41) is 3.82. The van der Waals surface area contributed by atoms with Gasteiger partial charge in [-0.25, -0.2) is 0 Å². The van der Waals surface area contributed by atoms with Crippen molar-refractivity contribution in [2.75, 3.05) is 13.1 Å². The molecule has 1 rings (SSSR count). The highest BCUT2D eigenvalue weighted by Crippen LogP contribution is 2.30. The summed E-state index contributed by atoms with van der Waals surface area (Å²) in [6.45, 7) is 4.17. The Bertz CT molecular complexity index is 128. The Balaban J connectivity index is 1.88. The summed E-state index contributed by atoms with van der Waals surface area (Å²) in [6.07, 6.45) is 6.60. The van der Waals surface area contributed by atoms with E-state index in [0.29, 0.717) is 5.38 Å². The van der Waals surface area contributed by atoms with Gasteiger partial charge >= 0.3 is 0 Å². The lowest BCUT2D eigenvalue weighted by Crippen LogP contribution is -2.33. The van der Waals surface area contributed by atoms with Gasteiger partial charge in [0, 0.05) is 11.9 Å². The van der Waals surface area contributed by atoms with Crippen molar-refractivity contribution in [3.8, 4) is 0 Å². The second-order valence-electron chi connectivity index (χ2n) is 3.16. The topological polar surface area (TPSA) is 12.0 Å². The first kappa shape index (κ1) is 9.08. The van der Waals surface area contributed by atoms with E-state index in [0.717, 1.165) is 19.0 Å². The molecule has 2 heteroatoms. The van der Waals surface area contributed by atoms with Crippen LogP contribution in [0.4, 0.5) is 0 Å². The second-order valence-corrected chi connectivity index (χ2v) is 3.78. The molecule has 0 aromatic heterocycles.